The Hall–Kier alpha value is -2.05. The third-order valence-corrected chi connectivity index (χ3v) is 4.73. The molecule has 26 heavy (non-hydrogen) atoms. The van der Waals surface area contributed by atoms with E-state index < -0.39 is 0 Å². The van der Waals surface area contributed by atoms with Gasteiger partial charge < -0.3 is 23.8 Å². The highest BCUT2D eigenvalue weighted by Gasteiger charge is 2.36. The van der Waals surface area contributed by atoms with Crippen molar-refractivity contribution in [3.8, 4) is 11.5 Å². The lowest BCUT2D eigenvalue weighted by atomic mass is 10.0. The van der Waals surface area contributed by atoms with Crippen LogP contribution in [-0.2, 0) is 14.3 Å². The molecule has 0 aliphatic carbocycles. The molecule has 2 fully saturated rings. The SMILES string of the molecule is C/C=C/c1ccc(OCC(=O)N2CCCCC2C2OCCO2)c(OC)c1. The number of rotatable bonds is 6. The van der Waals surface area contributed by atoms with Gasteiger partial charge in [0.05, 0.1) is 26.4 Å². The Morgan fingerprint density at radius 2 is 2.08 bits per heavy atom. The Morgan fingerprint density at radius 1 is 1.27 bits per heavy atom. The molecule has 0 aromatic heterocycles. The van der Waals surface area contributed by atoms with Crippen LogP contribution in [-0.4, -0.2) is 56.6 Å². The van der Waals surface area contributed by atoms with E-state index >= 15 is 0 Å². The third kappa shape index (κ3) is 4.37. The number of nitrogens with zero attached hydrogens (tertiary/aromatic N) is 1. The van der Waals surface area contributed by atoms with Gasteiger partial charge in [-0.3, -0.25) is 4.79 Å². The summed E-state index contributed by atoms with van der Waals surface area (Å²) < 4.78 is 22.4. The molecular weight excluding hydrogens is 334 g/mol. The molecule has 0 bridgehead atoms. The summed E-state index contributed by atoms with van der Waals surface area (Å²) in [6, 6.07) is 5.63. The fourth-order valence-electron chi connectivity index (χ4n) is 3.47. The summed E-state index contributed by atoms with van der Waals surface area (Å²) in [4.78, 5) is 14.6. The molecule has 0 saturated carbocycles. The van der Waals surface area contributed by atoms with Crippen LogP contribution in [0.15, 0.2) is 24.3 Å². The van der Waals surface area contributed by atoms with Crippen LogP contribution in [0.5, 0.6) is 11.5 Å². The summed E-state index contributed by atoms with van der Waals surface area (Å²) in [5.41, 5.74) is 1.02. The van der Waals surface area contributed by atoms with Gasteiger partial charge in [0, 0.05) is 6.54 Å². The average Bonchev–Trinajstić information content (AvgIpc) is 3.21. The molecule has 2 aliphatic rings. The van der Waals surface area contributed by atoms with Crippen molar-refractivity contribution < 1.29 is 23.7 Å². The summed E-state index contributed by atoms with van der Waals surface area (Å²) >= 11 is 0. The highest BCUT2D eigenvalue weighted by molar-refractivity contribution is 5.78. The second kappa shape index (κ2) is 9.05. The highest BCUT2D eigenvalue weighted by Crippen LogP contribution is 2.29. The van der Waals surface area contributed by atoms with Crippen molar-refractivity contribution in [1.82, 2.24) is 4.90 Å². The van der Waals surface area contributed by atoms with Crippen molar-refractivity contribution in [2.75, 3.05) is 33.5 Å². The molecule has 1 aromatic rings. The number of amides is 1. The summed E-state index contributed by atoms with van der Waals surface area (Å²) in [6.45, 7) is 3.84. The fourth-order valence-corrected chi connectivity index (χ4v) is 3.47. The van der Waals surface area contributed by atoms with Gasteiger partial charge in [-0.05, 0) is 43.9 Å². The summed E-state index contributed by atoms with van der Waals surface area (Å²) in [5.74, 6) is 1.13. The summed E-state index contributed by atoms with van der Waals surface area (Å²) in [6.07, 6.45) is 6.61. The van der Waals surface area contributed by atoms with E-state index in [4.69, 9.17) is 18.9 Å². The lowest BCUT2D eigenvalue weighted by Crippen LogP contribution is -2.51. The summed E-state index contributed by atoms with van der Waals surface area (Å²) in [5, 5.41) is 0. The number of hydrogen-bond acceptors (Lipinski definition) is 5. The fraction of sp³-hybridized carbons (Fsp3) is 0.550. The van der Waals surface area contributed by atoms with Gasteiger partial charge in [-0.2, -0.15) is 0 Å². The molecule has 2 saturated heterocycles. The molecule has 1 amide bonds. The predicted octanol–water partition coefficient (Wildman–Crippen LogP) is 2.86. The van der Waals surface area contributed by atoms with Gasteiger partial charge in [-0.15, -0.1) is 0 Å². The van der Waals surface area contributed by atoms with E-state index in [2.05, 4.69) is 0 Å². The molecule has 1 aromatic carbocycles. The number of methoxy groups -OCH3 is 1. The van der Waals surface area contributed by atoms with Crippen molar-refractivity contribution in [3.63, 3.8) is 0 Å². The van der Waals surface area contributed by atoms with E-state index in [0.717, 1.165) is 24.8 Å². The van der Waals surface area contributed by atoms with Crippen LogP contribution >= 0.6 is 0 Å². The molecule has 1 unspecified atom stereocenters. The third-order valence-electron chi connectivity index (χ3n) is 4.73. The second-order valence-corrected chi connectivity index (χ2v) is 6.46. The lowest BCUT2D eigenvalue weighted by molar-refractivity contribution is -0.152. The molecule has 6 heteroatoms. The first-order valence-corrected chi connectivity index (χ1v) is 9.19. The molecule has 2 heterocycles. The van der Waals surface area contributed by atoms with E-state index in [0.29, 0.717) is 31.3 Å². The van der Waals surface area contributed by atoms with Gasteiger partial charge in [0.1, 0.15) is 0 Å². The summed E-state index contributed by atoms with van der Waals surface area (Å²) in [7, 11) is 1.60. The van der Waals surface area contributed by atoms with E-state index in [9.17, 15) is 4.79 Å². The van der Waals surface area contributed by atoms with Crippen LogP contribution in [0.1, 0.15) is 31.7 Å². The molecule has 142 valence electrons. The minimum absolute atomic E-state index is 0.0253. The van der Waals surface area contributed by atoms with Crippen molar-refractivity contribution >= 4 is 12.0 Å². The molecular formula is C20H27NO5. The average molecular weight is 361 g/mol. The minimum Gasteiger partial charge on any atom is -0.493 e. The Balaban J connectivity index is 1.63. The number of benzene rings is 1. The Labute approximate surface area is 154 Å². The number of carbonyl (C=O) groups excluding carboxylic acids is 1. The molecule has 0 spiro atoms. The van der Waals surface area contributed by atoms with Gasteiger partial charge >= 0.3 is 0 Å². The largest absolute Gasteiger partial charge is 0.493 e. The number of likely N-dealkylation sites (tertiary alicyclic amines) is 1. The maximum absolute atomic E-state index is 12.7. The van der Waals surface area contributed by atoms with Crippen molar-refractivity contribution in [2.45, 2.75) is 38.5 Å². The molecule has 2 aliphatic heterocycles. The molecule has 3 rings (SSSR count). The minimum atomic E-state index is -0.311. The van der Waals surface area contributed by atoms with Gasteiger partial charge in [0.2, 0.25) is 0 Å². The second-order valence-electron chi connectivity index (χ2n) is 6.46. The topological polar surface area (TPSA) is 57.2 Å². The maximum Gasteiger partial charge on any atom is 0.260 e. The van der Waals surface area contributed by atoms with Crippen molar-refractivity contribution in [2.24, 2.45) is 0 Å². The van der Waals surface area contributed by atoms with Crippen LogP contribution in [0, 0.1) is 0 Å². The molecule has 1 atom stereocenters. The Kier molecular flexibility index (Phi) is 6.52. The Bertz CT molecular complexity index is 639. The van der Waals surface area contributed by atoms with E-state index in [1.165, 1.54) is 0 Å². The lowest BCUT2D eigenvalue weighted by Gasteiger charge is -2.37. The standard InChI is InChI=1S/C20H27NO5/c1-3-6-15-8-9-17(18(13-15)23-2)26-14-19(22)21-10-5-4-7-16(21)20-24-11-12-25-20/h3,6,8-9,13,16,20H,4-5,7,10-12,14H2,1-2H3/b6-3+. The van der Waals surface area contributed by atoms with Crippen LogP contribution < -0.4 is 9.47 Å². The number of ether oxygens (including phenoxy) is 4. The van der Waals surface area contributed by atoms with Gasteiger partial charge in [0.25, 0.3) is 5.91 Å². The van der Waals surface area contributed by atoms with Crippen LogP contribution in [0.2, 0.25) is 0 Å². The van der Waals surface area contributed by atoms with Gasteiger partial charge in [-0.25, -0.2) is 0 Å². The number of piperidine rings is 1. The molecule has 0 radical (unpaired) electrons. The zero-order valence-corrected chi connectivity index (χ0v) is 15.5. The van der Waals surface area contributed by atoms with E-state index in [1.807, 2.05) is 42.2 Å². The number of hydrogen-bond donors (Lipinski definition) is 0. The molecule has 6 nitrogen and oxygen atoms in total. The van der Waals surface area contributed by atoms with E-state index in [1.54, 1.807) is 7.11 Å². The normalized spacial score (nSPS) is 21.3. The quantitative estimate of drug-likeness (QED) is 0.780. The zero-order valence-electron chi connectivity index (χ0n) is 15.5. The highest BCUT2D eigenvalue weighted by atomic mass is 16.7. The Morgan fingerprint density at radius 3 is 2.81 bits per heavy atom. The van der Waals surface area contributed by atoms with Crippen LogP contribution in [0.25, 0.3) is 6.08 Å². The van der Waals surface area contributed by atoms with E-state index in [-0.39, 0.29) is 24.8 Å². The van der Waals surface area contributed by atoms with Crippen molar-refractivity contribution in [3.05, 3.63) is 29.8 Å². The first-order chi connectivity index (χ1) is 12.7. The zero-order chi connectivity index (χ0) is 18.4. The predicted molar refractivity (Wildman–Crippen MR) is 98.2 cm³/mol. The number of allylic oxidation sites excluding steroid dienone is 1. The van der Waals surface area contributed by atoms with Gasteiger partial charge in [-0.1, -0.05) is 18.2 Å². The first kappa shape index (κ1) is 18.7. The first-order valence-electron chi connectivity index (χ1n) is 9.19. The number of carbonyl (C=O) groups is 1. The van der Waals surface area contributed by atoms with Crippen LogP contribution in [0.4, 0.5) is 0 Å². The van der Waals surface area contributed by atoms with Gasteiger partial charge in [0.15, 0.2) is 24.4 Å². The molecule has 0 N–H and O–H groups in total. The smallest absolute Gasteiger partial charge is 0.260 e. The maximum atomic E-state index is 12.7. The van der Waals surface area contributed by atoms with Crippen molar-refractivity contribution in [1.29, 1.82) is 0 Å². The monoisotopic (exact) mass is 361 g/mol. The van der Waals surface area contributed by atoms with Crippen LogP contribution in [0.3, 0.4) is 0 Å².